The van der Waals surface area contributed by atoms with Crippen molar-refractivity contribution in [2.24, 2.45) is 5.41 Å². The number of pyridine rings is 1. The van der Waals surface area contributed by atoms with Gasteiger partial charge < -0.3 is 4.74 Å². The number of ether oxygens (including phenoxy) is 1. The highest BCUT2D eigenvalue weighted by Crippen LogP contribution is 2.31. The molecular formula is C12H14F3NO2S. The molecule has 106 valence electrons. The van der Waals surface area contributed by atoms with Crippen LogP contribution in [0.5, 0.6) is 0 Å². The number of alkyl halides is 3. The third-order valence-corrected chi connectivity index (χ3v) is 3.79. The van der Waals surface area contributed by atoms with Crippen LogP contribution in [0.2, 0.25) is 0 Å². The molecule has 0 fully saturated rings. The Morgan fingerprint density at radius 3 is 2.42 bits per heavy atom. The number of carbonyl (C=O) groups excluding carboxylic acids is 1. The third kappa shape index (κ3) is 4.41. The summed E-state index contributed by atoms with van der Waals surface area (Å²) in [5.74, 6) is 0.00445. The van der Waals surface area contributed by atoms with Crippen LogP contribution >= 0.6 is 11.8 Å². The fourth-order valence-corrected chi connectivity index (χ4v) is 2.14. The first-order valence-electron chi connectivity index (χ1n) is 5.41. The van der Waals surface area contributed by atoms with Crippen molar-refractivity contribution in [1.82, 2.24) is 4.98 Å². The van der Waals surface area contributed by atoms with E-state index in [-0.39, 0.29) is 5.97 Å². The van der Waals surface area contributed by atoms with E-state index in [4.69, 9.17) is 0 Å². The van der Waals surface area contributed by atoms with Gasteiger partial charge in [0.25, 0.3) is 0 Å². The quantitative estimate of drug-likeness (QED) is 0.630. The van der Waals surface area contributed by atoms with Gasteiger partial charge in [0.2, 0.25) is 0 Å². The van der Waals surface area contributed by atoms with Crippen LogP contribution in [-0.4, -0.2) is 23.8 Å². The fraction of sp³-hybridized carbons (Fsp3) is 0.500. The van der Waals surface area contributed by atoms with Gasteiger partial charge in [-0.2, -0.15) is 13.2 Å². The molecule has 0 amide bonds. The Balaban J connectivity index is 2.67. The second-order valence-electron chi connectivity index (χ2n) is 4.55. The van der Waals surface area contributed by atoms with Crippen LogP contribution in [0, 0.1) is 5.41 Å². The summed E-state index contributed by atoms with van der Waals surface area (Å²) in [6.45, 7) is 3.41. The zero-order valence-electron chi connectivity index (χ0n) is 10.7. The van der Waals surface area contributed by atoms with Gasteiger partial charge in [0.15, 0.2) is 0 Å². The van der Waals surface area contributed by atoms with Gasteiger partial charge in [-0.25, -0.2) is 4.98 Å². The van der Waals surface area contributed by atoms with E-state index < -0.39 is 17.2 Å². The summed E-state index contributed by atoms with van der Waals surface area (Å²) in [7, 11) is 1.30. The largest absolute Gasteiger partial charge is 0.469 e. The first-order valence-corrected chi connectivity index (χ1v) is 6.40. The summed E-state index contributed by atoms with van der Waals surface area (Å²) in [4.78, 5) is 15.2. The number of nitrogens with zero attached hydrogens (tertiary/aromatic N) is 1. The average molecular weight is 293 g/mol. The molecule has 0 saturated heterocycles. The van der Waals surface area contributed by atoms with E-state index in [0.717, 1.165) is 12.3 Å². The highest BCUT2D eigenvalue weighted by atomic mass is 32.2. The van der Waals surface area contributed by atoms with E-state index in [0.29, 0.717) is 10.8 Å². The van der Waals surface area contributed by atoms with Crippen LogP contribution in [-0.2, 0) is 15.7 Å². The SMILES string of the molecule is COC(=O)C(C)(C)CSc1ccc(C(F)(F)F)cn1. The summed E-state index contributed by atoms with van der Waals surface area (Å²) >= 11 is 1.21. The molecule has 0 bridgehead atoms. The minimum absolute atomic E-state index is 0.369. The Hall–Kier alpha value is -1.24. The van der Waals surface area contributed by atoms with Crippen LogP contribution in [0.1, 0.15) is 19.4 Å². The lowest BCUT2D eigenvalue weighted by Gasteiger charge is -2.20. The Kier molecular flexibility index (Phi) is 4.84. The minimum Gasteiger partial charge on any atom is -0.469 e. The summed E-state index contributed by atoms with van der Waals surface area (Å²) in [6.07, 6.45) is -3.60. The number of rotatable bonds is 4. The maximum Gasteiger partial charge on any atom is 0.417 e. The zero-order valence-corrected chi connectivity index (χ0v) is 11.6. The van der Waals surface area contributed by atoms with Crippen molar-refractivity contribution in [3.05, 3.63) is 23.9 Å². The van der Waals surface area contributed by atoms with Gasteiger partial charge in [-0.05, 0) is 26.0 Å². The van der Waals surface area contributed by atoms with Crippen molar-refractivity contribution < 1.29 is 22.7 Å². The molecule has 0 aromatic carbocycles. The van der Waals surface area contributed by atoms with E-state index >= 15 is 0 Å². The van der Waals surface area contributed by atoms with E-state index in [2.05, 4.69) is 9.72 Å². The van der Waals surface area contributed by atoms with Crippen LogP contribution in [0.4, 0.5) is 13.2 Å². The maximum absolute atomic E-state index is 12.3. The Bertz CT molecular complexity index is 443. The van der Waals surface area contributed by atoms with Crippen molar-refractivity contribution in [1.29, 1.82) is 0 Å². The molecule has 0 aliphatic rings. The molecule has 7 heteroatoms. The summed E-state index contributed by atoms with van der Waals surface area (Å²) in [5.41, 5.74) is -1.51. The lowest BCUT2D eigenvalue weighted by Crippen LogP contribution is -2.28. The van der Waals surface area contributed by atoms with Gasteiger partial charge >= 0.3 is 12.1 Å². The molecule has 0 unspecified atom stereocenters. The summed E-state index contributed by atoms with van der Waals surface area (Å²) < 4.78 is 41.7. The normalized spacial score (nSPS) is 12.3. The van der Waals surface area contributed by atoms with Crippen LogP contribution in [0.15, 0.2) is 23.4 Å². The molecule has 0 N–H and O–H groups in total. The Morgan fingerprint density at radius 2 is 2.00 bits per heavy atom. The number of thioether (sulfide) groups is 1. The van der Waals surface area contributed by atoms with Crippen molar-refractivity contribution in [3.63, 3.8) is 0 Å². The van der Waals surface area contributed by atoms with Crippen LogP contribution in [0.25, 0.3) is 0 Å². The monoisotopic (exact) mass is 293 g/mol. The van der Waals surface area contributed by atoms with Gasteiger partial charge in [0.1, 0.15) is 0 Å². The zero-order chi connectivity index (χ0) is 14.7. The van der Waals surface area contributed by atoms with Gasteiger partial charge in [-0.15, -0.1) is 11.8 Å². The topological polar surface area (TPSA) is 39.2 Å². The molecule has 0 radical (unpaired) electrons. The Morgan fingerprint density at radius 1 is 1.37 bits per heavy atom. The predicted octanol–water partition coefficient (Wildman–Crippen LogP) is 3.39. The molecule has 1 aromatic heterocycles. The van der Waals surface area contributed by atoms with Gasteiger partial charge in [-0.3, -0.25) is 4.79 Å². The van der Waals surface area contributed by atoms with Crippen molar-refractivity contribution >= 4 is 17.7 Å². The maximum atomic E-state index is 12.3. The minimum atomic E-state index is -4.39. The number of aromatic nitrogens is 1. The molecule has 0 atom stereocenters. The number of carbonyl (C=O) groups is 1. The number of methoxy groups -OCH3 is 1. The van der Waals surface area contributed by atoms with Gasteiger partial charge in [0.05, 0.1) is 23.1 Å². The molecule has 0 aliphatic carbocycles. The first kappa shape index (κ1) is 15.8. The van der Waals surface area contributed by atoms with Crippen molar-refractivity contribution in [3.8, 4) is 0 Å². The summed E-state index contributed by atoms with van der Waals surface area (Å²) in [5, 5.41) is 0.435. The second-order valence-corrected chi connectivity index (χ2v) is 5.54. The van der Waals surface area contributed by atoms with E-state index in [1.807, 2.05) is 0 Å². The number of hydrogen-bond acceptors (Lipinski definition) is 4. The second kappa shape index (κ2) is 5.81. The number of hydrogen-bond donors (Lipinski definition) is 0. The first-order chi connectivity index (χ1) is 8.66. The highest BCUT2D eigenvalue weighted by Gasteiger charge is 2.31. The van der Waals surface area contributed by atoms with Crippen LogP contribution < -0.4 is 0 Å². The van der Waals surface area contributed by atoms with Gasteiger partial charge in [0, 0.05) is 11.9 Å². The van der Waals surface area contributed by atoms with E-state index in [1.165, 1.54) is 24.9 Å². The lowest BCUT2D eigenvalue weighted by atomic mass is 9.97. The molecule has 0 spiro atoms. The van der Waals surface area contributed by atoms with E-state index in [9.17, 15) is 18.0 Å². The standard InChI is InChI=1S/C12H14F3NO2S/c1-11(2,10(17)18-3)7-19-9-5-4-8(6-16-9)12(13,14)15/h4-6H,7H2,1-3H3. The number of halogens is 3. The van der Waals surface area contributed by atoms with Crippen molar-refractivity contribution in [2.75, 3.05) is 12.9 Å². The predicted molar refractivity (Wildman–Crippen MR) is 65.8 cm³/mol. The average Bonchev–Trinajstić information content (AvgIpc) is 2.35. The third-order valence-electron chi connectivity index (χ3n) is 2.38. The van der Waals surface area contributed by atoms with E-state index in [1.54, 1.807) is 13.8 Å². The molecule has 1 rings (SSSR count). The highest BCUT2D eigenvalue weighted by molar-refractivity contribution is 7.99. The molecule has 1 aromatic rings. The fourth-order valence-electron chi connectivity index (χ4n) is 1.22. The molecule has 0 saturated carbocycles. The molecule has 1 heterocycles. The summed E-state index contributed by atoms with van der Waals surface area (Å²) in [6, 6.07) is 2.27. The molecule has 3 nitrogen and oxygen atoms in total. The molecule has 0 aliphatic heterocycles. The van der Waals surface area contributed by atoms with Gasteiger partial charge in [-0.1, -0.05) is 0 Å². The molecule has 19 heavy (non-hydrogen) atoms. The smallest absolute Gasteiger partial charge is 0.417 e. The van der Waals surface area contributed by atoms with Crippen LogP contribution in [0.3, 0.4) is 0 Å². The Labute approximate surface area is 113 Å². The number of esters is 1. The lowest BCUT2D eigenvalue weighted by molar-refractivity contribution is -0.149. The van der Waals surface area contributed by atoms with Crippen molar-refractivity contribution in [2.45, 2.75) is 25.0 Å². The molecular weight excluding hydrogens is 279 g/mol.